The second-order valence-corrected chi connectivity index (χ2v) is 5.60. The molecule has 0 saturated carbocycles. The smallest absolute Gasteiger partial charge is 0.281 e. The van der Waals surface area contributed by atoms with Crippen LogP contribution in [0.25, 0.3) is 0 Å². The van der Waals surface area contributed by atoms with Gasteiger partial charge < -0.3 is 0 Å². The molecule has 0 amide bonds. The van der Waals surface area contributed by atoms with Crippen LogP contribution in [0, 0.1) is 11.8 Å². The van der Waals surface area contributed by atoms with Gasteiger partial charge in [0.05, 0.1) is 0 Å². The summed E-state index contributed by atoms with van der Waals surface area (Å²) in [6.07, 6.45) is -0.324. The molecule has 14 heavy (non-hydrogen) atoms. The molecule has 0 rings (SSSR count). The highest BCUT2D eigenvalue weighted by Gasteiger charge is 2.44. The highest BCUT2D eigenvalue weighted by atomic mass is 32.2. The quantitative estimate of drug-likeness (QED) is 0.738. The predicted octanol–water partition coefficient (Wildman–Crippen LogP) is 2.54. The first-order chi connectivity index (χ1) is 6.06. The van der Waals surface area contributed by atoms with E-state index in [1.807, 2.05) is 13.8 Å². The second-order valence-electron chi connectivity index (χ2n) is 4.05. The number of hydrogen-bond acceptors (Lipinski definition) is 2. The fraction of sp³-hybridized carbons (Fsp3) is 1.00. The van der Waals surface area contributed by atoms with Crippen molar-refractivity contribution in [1.29, 1.82) is 0 Å². The molecule has 0 aromatic carbocycles. The minimum atomic E-state index is -5.27. The molecule has 0 aliphatic rings. The minimum Gasteiger partial charge on any atom is -0.281 e. The lowest BCUT2D eigenvalue weighted by Crippen LogP contribution is -2.30. The molecule has 3 nitrogen and oxygen atoms in total. The third kappa shape index (κ3) is 4.32. The monoisotopic (exact) mass is 230 g/mol. The van der Waals surface area contributed by atoms with E-state index >= 15 is 0 Å². The summed E-state index contributed by atoms with van der Waals surface area (Å²) in [5.74, 6) is -0.214. The zero-order valence-electron chi connectivity index (χ0n) is 8.50. The zero-order valence-corrected chi connectivity index (χ0v) is 9.31. The van der Waals surface area contributed by atoms with Gasteiger partial charge in [0.1, 0.15) is 0 Å². The highest BCUT2D eigenvalue weighted by Crippen LogP contribution is 2.31. The van der Waals surface area contributed by atoms with Crippen LogP contribution in [0.5, 0.6) is 0 Å². The largest absolute Gasteiger partial charge is 0.370 e. The van der Waals surface area contributed by atoms with Gasteiger partial charge in [-0.05, 0) is 18.3 Å². The summed E-state index contributed by atoms with van der Waals surface area (Å²) in [4.78, 5) is 0. The topological polar surface area (TPSA) is 54.4 Å². The van der Waals surface area contributed by atoms with Crippen LogP contribution in [0.3, 0.4) is 0 Å². The minimum absolute atomic E-state index is 0.224. The van der Waals surface area contributed by atoms with Crippen LogP contribution < -0.4 is 0 Å². The zero-order chi connectivity index (χ0) is 11.6. The molecule has 0 aromatic rings. The first kappa shape index (κ1) is 13.8. The summed E-state index contributed by atoms with van der Waals surface area (Å²) in [7, 11) is -5.27. The standard InChI is InChI=1S/C8H16F2O3S/c1-6(2)4-7(3)5-8(9,10)14(11,12)13/h6-7H,4-5H2,1-3H3,(H,11,12,13)/t7-/m0/s1. The van der Waals surface area contributed by atoms with E-state index in [1.54, 1.807) is 6.92 Å². The summed E-state index contributed by atoms with van der Waals surface area (Å²) in [6, 6.07) is 0. The van der Waals surface area contributed by atoms with Crippen molar-refractivity contribution in [2.24, 2.45) is 11.8 Å². The summed E-state index contributed by atoms with van der Waals surface area (Å²) < 4.78 is 54.4. The number of alkyl halides is 2. The number of halogens is 2. The predicted molar refractivity (Wildman–Crippen MR) is 49.7 cm³/mol. The Hall–Kier alpha value is -0.230. The lowest BCUT2D eigenvalue weighted by atomic mass is 9.96. The lowest BCUT2D eigenvalue weighted by molar-refractivity contribution is 0.0523. The first-order valence-electron chi connectivity index (χ1n) is 4.41. The Kier molecular flexibility index (Phi) is 4.45. The molecule has 0 spiro atoms. The van der Waals surface area contributed by atoms with Gasteiger partial charge in [0.15, 0.2) is 0 Å². The number of hydrogen-bond donors (Lipinski definition) is 1. The Morgan fingerprint density at radius 1 is 1.29 bits per heavy atom. The molecule has 0 aliphatic heterocycles. The summed E-state index contributed by atoms with van der Waals surface area (Å²) in [5.41, 5.74) is 0. The second kappa shape index (κ2) is 4.53. The Morgan fingerprint density at radius 3 is 2.00 bits per heavy atom. The molecule has 0 fully saturated rings. The molecule has 0 radical (unpaired) electrons. The molecule has 6 heteroatoms. The van der Waals surface area contributed by atoms with Crippen LogP contribution in [0.4, 0.5) is 8.78 Å². The van der Waals surface area contributed by atoms with Crippen molar-refractivity contribution in [3.8, 4) is 0 Å². The van der Waals surface area contributed by atoms with Gasteiger partial charge >= 0.3 is 15.4 Å². The fourth-order valence-electron chi connectivity index (χ4n) is 1.40. The van der Waals surface area contributed by atoms with Crippen LogP contribution in [-0.2, 0) is 10.1 Å². The maximum absolute atomic E-state index is 12.8. The van der Waals surface area contributed by atoms with Gasteiger partial charge in [-0.15, -0.1) is 0 Å². The van der Waals surface area contributed by atoms with Crippen molar-refractivity contribution in [1.82, 2.24) is 0 Å². The van der Waals surface area contributed by atoms with E-state index in [4.69, 9.17) is 4.55 Å². The average Bonchev–Trinajstić information content (AvgIpc) is 1.79. The molecule has 1 N–H and O–H groups in total. The Bertz CT molecular complexity index is 272. The van der Waals surface area contributed by atoms with Crippen LogP contribution in [-0.4, -0.2) is 18.2 Å². The van der Waals surface area contributed by atoms with Crippen molar-refractivity contribution >= 4 is 10.1 Å². The Balaban J connectivity index is 4.38. The normalized spacial score (nSPS) is 15.9. The molecular weight excluding hydrogens is 214 g/mol. The molecule has 0 aromatic heterocycles. The Morgan fingerprint density at radius 2 is 1.71 bits per heavy atom. The molecule has 1 atom stereocenters. The maximum atomic E-state index is 12.8. The SMILES string of the molecule is CC(C)C[C@H](C)CC(F)(F)S(=O)(=O)O. The molecule has 0 unspecified atom stereocenters. The lowest BCUT2D eigenvalue weighted by Gasteiger charge is -2.19. The maximum Gasteiger partial charge on any atom is 0.370 e. The van der Waals surface area contributed by atoms with E-state index in [-0.39, 0.29) is 5.92 Å². The van der Waals surface area contributed by atoms with E-state index in [9.17, 15) is 17.2 Å². The molecule has 0 saturated heterocycles. The van der Waals surface area contributed by atoms with Crippen molar-refractivity contribution in [2.75, 3.05) is 0 Å². The Labute approximate surface area is 83.3 Å². The van der Waals surface area contributed by atoms with Gasteiger partial charge in [0.2, 0.25) is 0 Å². The summed E-state index contributed by atoms with van der Waals surface area (Å²) >= 11 is 0. The molecular formula is C8H16F2O3S. The summed E-state index contributed by atoms with van der Waals surface area (Å²) in [5, 5.41) is -4.03. The van der Waals surface area contributed by atoms with E-state index in [1.165, 1.54) is 0 Å². The molecule has 0 bridgehead atoms. The molecule has 0 aliphatic carbocycles. The van der Waals surface area contributed by atoms with E-state index in [0.29, 0.717) is 6.42 Å². The molecule has 86 valence electrons. The van der Waals surface area contributed by atoms with Crippen LogP contribution in [0.15, 0.2) is 0 Å². The fourth-order valence-corrected chi connectivity index (χ4v) is 1.89. The van der Waals surface area contributed by atoms with Crippen molar-refractivity contribution in [3.05, 3.63) is 0 Å². The third-order valence-corrected chi connectivity index (χ3v) is 2.76. The van der Waals surface area contributed by atoms with Gasteiger partial charge in [-0.3, -0.25) is 4.55 Å². The van der Waals surface area contributed by atoms with Crippen molar-refractivity contribution in [3.63, 3.8) is 0 Å². The van der Waals surface area contributed by atoms with E-state index in [0.717, 1.165) is 0 Å². The van der Waals surface area contributed by atoms with Gasteiger partial charge in [-0.25, -0.2) is 0 Å². The van der Waals surface area contributed by atoms with Gasteiger partial charge in [-0.1, -0.05) is 20.8 Å². The van der Waals surface area contributed by atoms with Crippen LogP contribution in [0.1, 0.15) is 33.6 Å². The first-order valence-corrected chi connectivity index (χ1v) is 5.85. The van der Waals surface area contributed by atoms with Gasteiger partial charge in [-0.2, -0.15) is 17.2 Å². The van der Waals surface area contributed by atoms with Crippen molar-refractivity contribution < 1.29 is 21.8 Å². The summed E-state index contributed by atoms with van der Waals surface area (Å²) in [6.45, 7) is 5.27. The highest BCUT2D eigenvalue weighted by molar-refractivity contribution is 7.86. The third-order valence-electron chi connectivity index (χ3n) is 1.84. The van der Waals surface area contributed by atoms with Crippen LogP contribution >= 0.6 is 0 Å². The number of rotatable bonds is 5. The van der Waals surface area contributed by atoms with E-state index < -0.39 is 27.7 Å². The van der Waals surface area contributed by atoms with Crippen LogP contribution in [0.2, 0.25) is 0 Å². The van der Waals surface area contributed by atoms with Crippen molar-refractivity contribution in [2.45, 2.75) is 38.9 Å². The molecule has 0 heterocycles. The van der Waals surface area contributed by atoms with Gasteiger partial charge in [0, 0.05) is 6.42 Å². The van der Waals surface area contributed by atoms with Gasteiger partial charge in [0.25, 0.3) is 0 Å². The van der Waals surface area contributed by atoms with E-state index in [2.05, 4.69) is 0 Å². The average molecular weight is 230 g/mol.